The van der Waals surface area contributed by atoms with Gasteiger partial charge in [-0.05, 0) is 26.2 Å². The highest BCUT2D eigenvalue weighted by Gasteiger charge is 2.19. The molecule has 0 aromatic rings. The van der Waals surface area contributed by atoms with Crippen LogP contribution in [0.15, 0.2) is 23.8 Å². The Kier molecular flexibility index (Phi) is 3.36. The summed E-state index contributed by atoms with van der Waals surface area (Å²) in [6.45, 7) is 2.24. The summed E-state index contributed by atoms with van der Waals surface area (Å²) in [5, 5.41) is 3.61. The maximum atomic E-state index is 3.61. The molecule has 0 saturated carbocycles. The molecule has 0 aromatic heterocycles. The predicted molar refractivity (Wildman–Crippen MR) is 54.7 cm³/mol. The summed E-state index contributed by atoms with van der Waals surface area (Å²) < 4.78 is 0. The molecule has 0 aliphatic carbocycles. The highest BCUT2D eigenvalue weighted by molar-refractivity contribution is 5.85. The number of nitrogens with one attached hydrogen (secondary N) is 1. The minimum atomic E-state index is 0. The molecule has 2 aliphatic heterocycles. The van der Waals surface area contributed by atoms with Crippen LogP contribution in [0.2, 0.25) is 0 Å². The molecule has 0 spiro atoms. The third-order valence-electron chi connectivity index (χ3n) is 2.48. The molecule has 68 valence electrons. The lowest BCUT2D eigenvalue weighted by Crippen LogP contribution is -2.39. The van der Waals surface area contributed by atoms with Gasteiger partial charge in [0.1, 0.15) is 0 Å². The lowest BCUT2D eigenvalue weighted by molar-refractivity contribution is 0.454. The van der Waals surface area contributed by atoms with E-state index in [9.17, 15) is 0 Å². The van der Waals surface area contributed by atoms with Crippen LogP contribution in [0, 0.1) is 0 Å². The fourth-order valence-corrected chi connectivity index (χ4v) is 2.00. The topological polar surface area (TPSA) is 12.0 Å². The van der Waals surface area contributed by atoms with E-state index in [-0.39, 0.29) is 12.4 Å². The molecule has 0 aromatic carbocycles. The van der Waals surface area contributed by atoms with Gasteiger partial charge in [-0.3, -0.25) is 0 Å². The number of hydrogen-bond donors (Lipinski definition) is 1. The monoisotopic (exact) mass is 185 g/mol. The van der Waals surface area contributed by atoms with E-state index in [0.717, 1.165) is 0 Å². The van der Waals surface area contributed by atoms with Gasteiger partial charge in [0.25, 0.3) is 0 Å². The number of halogens is 1. The van der Waals surface area contributed by atoms with Crippen molar-refractivity contribution < 1.29 is 0 Å². The first kappa shape index (κ1) is 9.82. The fraction of sp³-hybridized carbons (Fsp3) is 0.600. The molecule has 1 N–H and O–H groups in total. The summed E-state index contributed by atoms with van der Waals surface area (Å²) in [5.74, 6) is 0. The number of fused-ring (bicyclic) bond motifs is 2. The minimum absolute atomic E-state index is 0. The summed E-state index contributed by atoms with van der Waals surface area (Å²) in [5.41, 5.74) is 1.56. The van der Waals surface area contributed by atoms with Gasteiger partial charge in [-0.25, -0.2) is 0 Å². The van der Waals surface area contributed by atoms with Crippen LogP contribution in [0.25, 0.3) is 0 Å². The second-order valence-electron chi connectivity index (χ2n) is 3.63. The summed E-state index contributed by atoms with van der Waals surface area (Å²) in [4.78, 5) is 0. The molecule has 2 rings (SSSR count). The van der Waals surface area contributed by atoms with E-state index in [1.165, 1.54) is 19.3 Å². The molecule has 0 amide bonds. The first-order valence-electron chi connectivity index (χ1n) is 4.43. The van der Waals surface area contributed by atoms with E-state index < -0.39 is 0 Å². The molecule has 2 heteroatoms. The Bertz CT molecular complexity index is 208. The Balaban J connectivity index is 0.000000720. The highest BCUT2D eigenvalue weighted by atomic mass is 35.5. The quantitative estimate of drug-likeness (QED) is 0.572. The van der Waals surface area contributed by atoms with E-state index in [0.29, 0.717) is 12.1 Å². The predicted octanol–water partition coefficient (Wildman–Crippen LogP) is 2.44. The third-order valence-corrected chi connectivity index (χ3v) is 2.48. The second-order valence-corrected chi connectivity index (χ2v) is 3.63. The van der Waals surface area contributed by atoms with E-state index >= 15 is 0 Å². The SMILES string of the molecule is CC1=C[C@H]2CC=CC[C@@H](C1)N2.Cl. The Morgan fingerprint density at radius 1 is 1.33 bits per heavy atom. The maximum absolute atomic E-state index is 3.61. The van der Waals surface area contributed by atoms with Crippen LogP contribution in [0.3, 0.4) is 0 Å². The molecule has 2 bridgehead atoms. The van der Waals surface area contributed by atoms with Crippen molar-refractivity contribution >= 4 is 12.4 Å². The molecule has 0 radical (unpaired) electrons. The van der Waals surface area contributed by atoms with Crippen molar-refractivity contribution in [2.45, 2.75) is 38.3 Å². The van der Waals surface area contributed by atoms with E-state index in [4.69, 9.17) is 0 Å². The molecule has 2 heterocycles. The van der Waals surface area contributed by atoms with Gasteiger partial charge in [0.15, 0.2) is 0 Å². The standard InChI is InChI=1S/C10H15N.ClH/c1-8-6-9-4-2-3-5-10(7-8)11-9;/h2-3,6,9-11H,4-5,7H2,1H3;1H/t9-,10+;/m1./s1. The average Bonchev–Trinajstić information content (AvgIpc) is 2.11. The van der Waals surface area contributed by atoms with Crippen molar-refractivity contribution in [3.63, 3.8) is 0 Å². The molecular weight excluding hydrogens is 170 g/mol. The minimum Gasteiger partial charge on any atom is -0.307 e. The first-order chi connectivity index (χ1) is 5.34. The summed E-state index contributed by atoms with van der Waals surface area (Å²) in [7, 11) is 0. The van der Waals surface area contributed by atoms with Crippen LogP contribution in [-0.2, 0) is 0 Å². The van der Waals surface area contributed by atoms with Crippen molar-refractivity contribution in [1.29, 1.82) is 0 Å². The van der Waals surface area contributed by atoms with Gasteiger partial charge >= 0.3 is 0 Å². The molecule has 0 fully saturated rings. The Morgan fingerprint density at radius 2 is 2.08 bits per heavy atom. The Morgan fingerprint density at radius 3 is 2.92 bits per heavy atom. The van der Waals surface area contributed by atoms with Gasteiger partial charge in [-0.1, -0.05) is 23.8 Å². The summed E-state index contributed by atoms with van der Waals surface area (Å²) in [6, 6.07) is 1.33. The van der Waals surface area contributed by atoms with E-state index in [1.54, 1.807) is 5.57 Å². The van der Waals surface area contributed by atoms with Crippen LogP contribution < -0.4 is 5.32 Å². The van der Waals surface area contributed by atoms with Gasteiger partial charge in [0, 0.05) is 12.1 Å². The van der Waals surface area contributed by atoms with Gasteiger partial charge in [0.05, 0.1) is 0 Å². The molecule has 1 nitrogen and oxygen atoms in total. The third kappa shape index (κ3) is 2.11. The molecular formula is C10H16ClN. The zero-order valence-electron chi connectivity index (χ0n) is 7.42. The normalized spacial score (nSPS) is 33.2. The molecule has 2 aliphatic rings. The number of hydrogen-bond acceptors (Lipinski definition) is 1. The lowest BCUT2D eigenvalue weighted by Gasteiger charge is -2.26. The highest BCUT2D eigenvalue weighted by Crippen LogP contribution is 2.20. The second kappa shape index (κ2) is 4.11. The average molecular weight is 186 g/mol. The van der Waals surface area contributed by atoms with Crippen molar-refractivity contribution in [3.05, 3.63) is 23.8 Å². The van der Waals surface area contributed by atoms with Crippen molar-refractivity contribution in [3.8, 4) is 0 Å². The molecule has 2 atom stereocenters. The van der Waals surface area contributed by atoms with Crippen LogP contribution in [0.4, 0.5) is 0 Å². The lowest BCUT2D eigenvalue weighted by atomic mass is 9.98. The molecule has 0 saturated heterocycles. The summed E-state index contributed by atoms with van der Waals surface area (Å²) >= 11 is 0. The fourth-order valence-electron chi connectivity index (χ4n) is 2.00. The Labute approximate surface area is 80.3 Å². The van der Waals surface area contributed by atoms with Crippen molar-refractivity contribution in [1.82, 2.24) is 5.32 Å². The van der Waals surface area contributed by atoms with Gasteiger partial charge < -0.3 is 5.32 Å². The first-order valence-corrected chi connectivity index (χ1v) is 4.43. The van der Waals surface area contributed by atoms with E-state index in [2.05, 4.69) is 30.5 Å². The summed E-state index contributed by atoms with van der Waals surface area (Å²) in [6.07, 6.45) is 10.6. The van der Waals surface area contributed by atoms with Crippen LogP contribution in [0.5, 0.6) is 0 Å². The zero-order chi connectivity index (χ0) is 7.68. The molecule has 0 unspecified atom stereocenters. The van der Waals surface area contributed by atoms with Gasteiger partial charge in [0.2, 0.25) is 0 Å². The van der Waals surface area contributed by atoms with E-state index in [1.807, 2.05) is 0 Å². The van der Waals surface area contributed by atoms with Crippen LogP contribution in [0.1, 0.15) is 26.2 Å². The Hall–Kier alpha value is -0.270. The van der Waals surface area contributed by atoms with Crippen molar-refractivity contribution in [2.75, 3.05) is 0 Å². The smallest absolute Gasteiger partial charge is 0.0289 e. The van der Waals surface area contributed by atoms with Gasteiger partial charge in [-0.2, -0.15) is 0 Å². The number of rotatable bonds is 0. The van der Waals surface area contributed by atoms with Crippen LogP contribution >= 0.6 is 12.4 Å². The van der Waals surface area contributed by atoms with Gasteiger partial charge in [-0.15, -0.1) is 12.4 Å². The largest absolute Gasteiger partial charge is 0.307 e. The zero-order valence-corrected chi connectivity index (χ0v) is 8.23. The maximum Gasteiger partial charge on any atom is 0.0289 e. The van der Waals surface area contributed by atoms with Crippen LogP contribution in [-0.4, -0.2) is 12.1 Å². The molecule has 12 heavy (non-hydrogen) atoms. The van der Waals surface area contributed by atoms with Crippen molar-refractivity contribution in [2.24, 2.45) is 0 Å².